The van der Waals surface area contributed by atoms with Crippen LogP contribution in [0.1, 0.15) is 62.5 Å². The Bertz CT molecular complexity index is 1470. The van der Waals surface area contributed by atoms with Gasteiger partial charge in [0.25, 0.3) is 0 Å². The maximum atomic E-state index is 13.9. The first-order valence-corrected chi connectivity index (χ1v) is 17.4. The lowest BCUT2D eigenvalue weighted by atomic mass is 9.98. The van der Waals surface area contributed by atoms with Crippen LogP contribution in [-0.2, 0) is 16.1 Å². The second-order valence-electron chi connectivity index (χ2n) is 13.3. The number of rotatable bonds is 7. The Hall–Kier alpha value is -3.83. The molecule has 0 spiro atoms. The van der Waals surface area contributed by atoms with E-state index in [1.54, 1.807) is 21.9 Å². The van der Waals surface area contributed by atoms with Crippen molar-refractivity contribution in [3.63, 3.8) is 0 Å². The Morgan fingerprint density at radius 1 is 0.894 bits per heavy atom. The van der Waals surface area contributed by atoms with Crippen molar-refractivity contribution in [3.05, 3.63) is 58.6 Å². The molecule has 3 N–H and O–H groups in total. The third kappa shape index (κ3) is 8.01. The number of carbonyl (C=O) groups is 4. The monoisotopic (exact) mass is 663 g/mol. The van der Waals surface area contributed by atoms with Crippen molar-refractivity contribution in [1.29, 1.82) is 0 Å². The minimum atomic E-state index is -1.00. The molecule has 6 amide bonds. The van der Waals surface area contributed by atoms with Gasteiger partial charge in [0.05, 0.1) is 6.42 Å². The first kappa shape index (κ1) is 33.1. The van der Waals surface area contributed by atoms with Gasteiger partial charge in [0.2, 0.25) is 11.8 Å². The fourth-order valence-electron chi connectivity index (χ4n) is 7.40. The molecule has 252 valence electrons. The van der Waals surface area contributed by atoms with Crippen molar-refractivity contribution < 1.29 is 19.2 Å². The minimum Gasteiger partial charge on any atom is -0.342 e. The van der Waals surface area contributed by atoms with Crippen LogP contribution in [0.3, 0.4) is 0 Å². The highest BCUT2D eigenvalue weighted by Gasteiger charge is 2.36. The molecule has 1 atom stereocenters. The molecular formula is C35H46ClN7O4. The summed E-state index contributed by atoms with van der Waals surface area (Å²) >= 11 is 6.26. The predicted octanol–water partition coefficient (Wildman–Crippen LogP) is 5.04. The van der Waals surface area contributed by atoms with Crippen LogP contribution in [0.25, 0.3) is 0 Å². The number of para-hydroxylation sites is 1. The summed E-state index contributed by atoms with van der Waals surface area (Å²) in [5.41, 5.74) is 3.31. The van der Waals surface area contributed by atoms with Crippen LogP contribution < -0.4 is 16.0 Å². The number of aryl methyl sites for hydroxylation is 1. The molecule has 0 aliphatic carbocycles. The number of fused-ring (bicyclic) bond motifs is 1. The van der Waals surface area contributed by atoms with Crippen molar-refractivity contribution >= 4 is 46.9 Å². The maximum Gasteiger partial charge on any atom is 0.322 e. The van der Waals surface area contributed by atoms with Crippen molar-refractivity contribution in [2.24, 2.45) is 0 Å². The molecular weight excluding hydrogens is 618 g/mol. The first-order chi connectivity index (χ1) is 22.7. The third-order valence-corrected chi connectivity index (χ3v) is 10.6. The van der Waals surface area contributed by atoms with E-state index < -0.39 is 12.1 Å². The molecule has 2 aromatic rings. The normalized spacial score (nSPS) is 20.3. The number of nitrogens with zero attached hydrogens (tertiary/aromatic N) is 4. The third-order valence-electron chi connectivity index (χ3n) is 10.2. The molecule has 4 aliphatic heterocycles. The van der Waals surface area contributed by atoms with Gasteiger partial charge in [-0.15, -0.1) is 0 Å². The molecule has 6 rings (SSSR count). The van der Waals surface area contributed by atoms with Crippen LogP contribution in [0, 0.1) is 6.92 Å². The van der Waals surface area contributed by atoms with E-state index in [9.17, 15) is 19.2 Å². The fourth-order valence-corrected chi connectivity index (χ4v) is 7.58. The number of benzene rings is 2. The maximum absolute atomic E-state index is 13.9. The van der Waals surface area contributed by atoms with E-state index in [4.69, 9.17) is 11.6 Å². The zero-order valence-corrected chi connectivity index (χ0v) is 27.9. The smallest absolute Gasteiger partial charge is 0.322 e. The highest BCUT2D eigenvalue weighted by molar-refractivity contribution is 6.31. The molecule has 4 aliphatic rings. The Morgan fingerprint density at radius 3 is 2.30 bits per heavy atom. The summed E-state index contributed by atoms with van der Waals surface area (Å²) < 4.78 is 0. The molecule has 3 saturated heterocycles. The number of piperidine rings is 3. The number of hydrogen-bond donors (Lipinski definition) is 3. The van der Waals surface area contributed by atoms with Gasteiger partial charge >= 0.3 is 12.1 Å². The van der Waals surface area contributed by atoms with Crippen LogP contribution in [0.2, 0.25) is 5.02 Å². The number of amides is 6. The van der Waals surface area contributed by atoms with E-state index >= 15 is 0 Å². The molecule has 0 radical (unpaired) electrons. The molecule has 0 aromatic heterocycles. The first-order valence-electron chi connectivity index (χ1n) is 17.0. The van der Waals surface area contributed by atoms with Crippen LogP contribution in [-0.4, -0.2) is 101 Å². The number of hydrogen-bond acceptors (Lipinski definition) is 5. The molecule has 4 heterocycles. The van der Waals surface area contributed by atoms with E-state index in [0.29, 0.717) is 62.3 Å². The van der Waals surface area contributed by atoms with Crippen molar-refractivity contribution in [3.8, 4) is 0 Å². The van der Waals surface area contributed by atoms with Crippen molar-refractivity contribution in [1.82, 2.24) is 24.9 Å². The SMILES string of the molecule is Cc1ccc(NC(=O)N[C@@H](CC(=O)N2CCC(N3Cc4ccccc4NC3=O)CC2)C(=O)N2CCC(N3CCCCC3)CC2)cc1Cl. The molecule has 47 heavy (non-hydrogen) atoms. The fraction of sp³-hybridized carbons (Fsp3) is 0.543. The number of urea groups is 2. The van der Waals surface area contributed by atoms with E-state index in [-0.39, 0.29) is 30.3 Å². The molecule has 0 unspecified atom stereocenters. The summed E-state index contributed by atoms with van der Waals surface area (Å²) in [5, 5.41) is 9.09. The highest BCUT2D eigenvalue weighted by atomic mass is 35.5. The van der Waals surface area contributed by atoms with Gasteiger partial charge in [-0.2, -0.15) is 0 Å². The lowest BCUT2D eigenvalue weighted by molar-refractivity contribution is -0.140. The Kier molecular flexibility index (Phi) is 10.5. The van der Waals surface area contributed by atoms with Crippen LogP contribution >= 0.6 is 11.6 Å². The summed E-state index contributed by atoms with van der Waals surface area (Å²) in [5.74, 6) is -0.414. The topological polar surface area (TPSA) is 117 Å². The Labute approximate surface area is 281 Å². The van der Waals surface area contributed by atoms with Gasteiger partial charge in [0, 0.05) is 61.2 Å². The largest absolute Gasteiger partial charge is 0.342 e. The summed E-state index contributed by atoms with van der Waals surface area (Å²) in [4.78, 5) is 61.5. The van der Waals surface area contributed by atoms with E-state index in [1.807, 2.05) is 42.2 Å². The second-order valence-corrected chi connectivity index (χ2v) is 13.7. The summed E-state index contributed by atoms with van der Waals surface area (Å²) in [7, 11) is 0. The number of halogens is 1. The van der Waals surface area contributed by atoms with Gasteiger partial charge in [-0.3, -0.25) is 9.59 Å². The van der Waals surface area contributed by atoms with Crippen LogP contribution in [0.5, 0.6) is 0 Å². The molecule has 0 bridgehead atoms. The van der Waals surface area contributed by atoms with E-state index in [1.165, 1.54) is 19.3 Å². The van der Waals surface area contributed by atoms with Crippen LogP contribution in [0.15, 0.2) is 42.5 Å². The number of anilines is 2. The number of likely N-dealkylation sites (tertiary alicyclic amines) is 3. The molecule has 12 heteroatoms. The molecule has 0 saturated carbocycles. The number of carbonyl (C=O) groups excluding carboxylic acids is 4. The molecule has 3 fully saturated rings. The van der Waals surface area contributed by atoms with Crippen molar-refractivity contribution in [2.75, 3.05) is 49.9 Å². The molecule has 11 nitrogen and oxygen atoms in total. The lowest BCUT2D eigenvalue weighted by Crippen LogP contribution is -2.56. The van der Waals surface area contributed by atoms with Gasteiger partial charge < -0.3 is 35.6 Å². The minimum absolute atomic E-state index is 0.0104. The highest BCUT2D eigenvalue weighted by Crippen LogP contribution is 2.28. The summed E-state index contributed by atoms with van der Waals surface area (Å²) in [6, 6.07) is 11.8. The number of nitrogens with one attached hydrogen (secondary N) is 3. The van der Waals surface area contributed by atoms with Crippen LogP contribution in [0.4, 0.5) is 21.0 Å². The summed E-state index contributed by atoms with van der Waals surface area (Å²) in [6.45, 7) is 6.82. The Balaban J connectivity index is 1.07. The van der Waals surface area contributed by atoms with Gasteiger partial charge in [-0.05, 0) is 87.9 Å². The van der Waals surface area contributed by atoms with Gasteiger partial charge in [0.1, 0.15) is 6.04 Å². The quantitative estimate of drug-likeness (QED) is 0.384. The van der Waals surface area contributed by atoms with Gasteiger partial charge in [-0.1, -0.05) is 42.3 Å². The van der Waals surface area contributed by atoms with E-state index in [0.717, 1.165) is 42.7 Å². The average Bonchev–Trinajstić information content (AvgIpc) is 3.09. The van der Waals surface area contributed by atoms with Gasteiger partial charge in [0.15, 0.2) is 0 Å². The van der Waals surface area contributed by atoms with E-state index in [2.05, 4.69) is 20.9 Å². The lowest BCUT2D eigenvalue weighted by Gasteiger charge is -2.41. The zero-order valence-electron chi connectivity index (χ0n) is 27.2. The second kappa shape index (κ2) is 14.9. The Morgan fingerprint density at radius 2 is 1.57 bits per heavy atom. The molecule has 2 aromatic carbocycles. The van der Waals surface area contributed by atoms with Crippen molar-refractivity contribution in [2.45, 2.75) is 83.0 Å². The average molecular weight is 664 g/mol. The predicted molar refractivity (Wildman–Crippen MR) is 182 cm³/mol. The summed E-state index contributed by atoms with van der Waals surface area (Å²) in [6.07, 6.45) is 6.68. The zero-order chi connectivity index (χ0) is 32.9. The standard InChI is InChI=1S/C35H46ClN7O4/c1-24-9-10-26(21-29(24)36)37-34(46)38-31(33(45)42-19-11-27(12-20-42)40-15-5-2-6-16-40)22-32(44)41-17-13-28(14-18-41)43-23-25-7-3-4-8-30(25)39-35(43)47/h3-4,7-10,21,27-28,31H,2,5-6,11-20,22-23H2,1H3,(H,39,47)(H2,37,38,46)/t31-/m0/s1. The van der Waals surface area contributed by atoms with Gasteiger partial charge in [-0.25, -0.2) is 9.59 Å².